The van der Waals surface area contributed by atoms with Gasteiger partial charge in [-0.15, -0.1) is 0 Å². The lowest BCUT2D eigenvalue weighted by Crippen LogP contribution is -2.44. The first-order valence-corrected chi connectivity index (χ1v) is 8.96. The van der Waals surface area contributed by atoms with E-state index in [0.717, 1.165) is 16.7 Å². The van der Waals surface area contributed by atoms with Gasteiger partial charge in [0.2, 0.25) is 5.88 Å². The van der Waals surface area contributed by atoms with Crippen LogP contribution in [-0.4, -0.2) is 29.3 Å². The average Bonchev–Trinajstić information content (AvgIpc) is 3.19. The molecule has 1 atom stereocenters. The van der Waals surface area contributed by atoms with Gasteiger partial charge >= 0.3 is 6.18 Å². The highest BCUT2D eigenvalue weighted by atomic mass is 19.4. The Labute approximate surface area is 166 Å². The molecule has 1 aromatic heterocycles. The molecule has 1 N–H and O–H groups in total. The van der Waals surface area contributed by atoms with Gasteiger partial charge in [-0.05, 0) is 47.1 Å². The van der Waals surface area contributed by atoms with Gasteiger partial charge < -0.3 is 4.74 Å². The fraction of sp³-hybridized carbons (Fsp3) is 0.136. The lowest BCUT2D eigenvalue weighted by atomic mass is 9.91. The second-order valence-corrected chi connectivity index (χ2v) is 6.53. The number of methoxy groups -OCH3 is 1. The molecular weight excluding hydrogens is 379 g/mol. The summed E-state index contributed by atoms with van der Waals surface area (Å²) >= 11 is 0. The Morgan fingerprint density at radius 3 is 2.48 bits per heavy atom. The van der Waals surface area contributed by atoms with Crippen LogP contribution in [0.4, 0.5) is 13.2 Å². The highest BCUT2D eigenvalue weighted by Gasteiger charge is 2.45. The molecule has 0 radical (unpaired) electrons. The van der Waals surface area contributed by atoms with Crippen LogP contribution < -0.4 is 5.43 Å². The predicted molar refractivity (Wildman–Crippen MR) is 105 cm³/mol. The predicted octanol–water partition coefficient (Wildman–Crippen LogP) is 4.69. The van der Waals surface area contributed by atoms with Crippen LogP contribution in [0.5, 0.6) is 0 Å². The first-order chi connectivity index (χ1) is 14.0. The highest BCUT2D eigenvalue weighted by Crippen LogP contribution is 2.40. The Morgan fingerprint density at radius 1 is 1.10 bits per heavy atom. The second-order valence-electron chi connectivity index (χ2n) is 6.53. The molecule has 4 nitrogen and oxygen atoms in total. The van der Waals surface area contributed by atoms with Crippen molar-refractivity contribution in [3.63, 3.8) is 0 Å². The highest BCUT2D eigenvalue weighted by molar-refractivity contribution is 5.94. The van der Waals surface area contributed by atoms with Crippen molar-refractivity contribution in [2.45, 2.75) is 12.2 Å². The van der Waals surface area contributed by atoms with Gasteiger partial charge in [-0.25, -0.2) is 10.4 Å². The topological polar surface area (TPSA) is 37.4 Å². The van der Waals surface area contributed by atoms with Crippen molar-refractivity contribution in [3.8, 4) is 0 Å². The summed E-state index contributed by atoms with van der Waals surface area (Å²) in [6, 6.07) is 11.4. The van der Waals surface area contributed by atoms with Gasteiger partial charge in [0, 0.05) is 24.0 Å². The lowest BCUT2D eigenvalue weighted by Gasteiger charge is -2.30. The Morgan fingerprint density at radius 2 is 1.83 bits per heavy atom. The number of hydrazine groups is 1. The molecule has 0 aliphatic carbocycles. The smallest absolute Gasteiger partial charge is 0.409 e. The zero-order valence-electron chi connectivity index (χ0n) is 15.5. The summed E-state index contributed by atoms with van der Waals surface area (Å²) in [6.45, 7) is 0. The number of alkyl halides is 3. The minimum atomic E-state index is -4.42. The minimum Gasteiger partial charge on any atom is -0.481 e. The molecule has 0 amide bonds. The molecule has 2 aliphatic heterocycles. The number of nitrogens with one attached hydrogen (secondary N) is 1. The molecule has 1 aromatic carbocycles. The van der Waals surface area contributed by atoms with Crippen LogP contribution in [-0.2, 0) is 4.74 Å². The summed E-state index contributed by atoms with van der Waals surface area (Å²) in [5.41, 5.74) is 6.12. The molecule has 3 heterocycles. The third kappa shape index (κ3) is 3.82. The van der Waals surface area contributed by atoms with E-state index in [4.69, 9.17) is 4.74 Å². The van der Waals surface area contributed by atoms with Gasteiger partial charge in [-0.3, -0.25) is 4.98 Å². The quantitative estimate of drug-likeness (QED) is 0.813. The number of nitrogens with zero attached hydrogens (tertiary/aromatic N) is 2. The van der Waals surface area contributed by atoms with Crippen molar-refractivity contribution < 1.29 is 17.9 Å². The number of fused-ring (bicyclic) bond motifs is 1. The second kappa shape index (κ2) is 7.60. The average molecular weight is 397 g/mol. The summed E-state index contributed by atoms with van der Waals surface area (Å²) in [5, 5.41) is 1.34. The van der Waals surface area contributed by atoms with Gasteiger partial charge in [0.05, 0.1) is 12.8 Å². The molecule has 0 saturated carbocycles. The number of aromatic nitrogens is 1. The Hall–Kier alpha value is -3.32. The molecule has 7 heteroatoms. The van der Waals surface area contributed by atoms with Crippen molar-refractivity contribution in [2.24, 2.45) is 0 Å². The van der Waals surface area contributed by atoms with Crippen LogP contribution in [0.25, 0.3) is 11.6 Å². The van der Waals surface area contributed by atoms with Crippen molar-refractivity contribution in [3.05, 3.63) is 101 Å². The lowest BCUT2D eigenvalue weighted by molar-refractivity contribution is -0.149. The zero-order valence-corrected chi connectivity index (χ0v) is 15.5. The fourth-order valence-corrected chi connectivity index (χ4v) is 3.30. The Balaban J connectivity index is 1.86. The van der Waals surface area contributed by atoms with Crippen LogP contribution in [0, 0.1) is 0 Å². The molecule has 0 bridgehead atoms. The number of allylic oxidation sites excluding steroid dienone is 3. The molecular formula is C22H18F3N3O. The number of halogens is 3. The number of hydrogen-bond donors (Lipinski definition) is 1. The van der Waals surface area contributed by atoms with E-state index in [0.29, 0.717) is 17.2 Å². The SMILES string of the molecule is COC1=CC=C(/C(=C/c2ccncc2)c2ccccc2)C2=CC(C(F)(F)F)NN12. The van der Waals surface area contributed by atoms with Gasteiger partial charge in [0.15, 0.2) is 0 Å². The first-order valence-electron chi connectivity index (χ1n) is 8.96. The van der Waals surface area contributed by atoms with Gasteiger partial charge in [0.1, 0.15) is 6.04 Å². The van der Waals surface area contributed by atoms with Gasteiger partial charge in [0.25, 0.3) is 0 Å². The summed E-state index contributed by atoms with van der Waals surface area (Å²) in [7, 11) is 1.43. The fourth-order valence-electron chi connectivity index (χ4n) is 3.30. The molecule has 0 spiro atoms. The van der Waals surface area contributed by atoms with E-state index in [1.807, 2.05) is 48.5 Å². The number of ether oxygens (including phenoxy) is 1. The molecule has 2 aromatic rings. The monoisotopic (exact) mass is 397 g/mol. The molecule has 0 fully saturated rings. The van der Waals surface area contributed by atoms with Gasteiger partial charge in [-0.1, -0.05) is 30.3 Å². The summed E-state index contributed by atoms with van der Waals surface area (Å²) in [5.74, 6) is 0.295. The zero-order chi connectivity index (χ0) is 20.4. The summed E-state index contributed by atoms with van der Waals surface area (Å²) in [4.78, 5) is 4.02. The molecule has 4 rings (SSSR count). The molecule has 2 aliphatic rings. The largest absolute Gasteiger partial charge is 0.481 e. The van der Waals surface area contributed by atoms with E-state index in [-0.39, 0.29) is 0 Å². The third-order valence-electron chi connectivity index (χ3n) is 4.68. The third-order valence-corrected chi connectivity index (χ3v) is 4.68. The summed E-state index contributed by atoms with van der Waals surface area (Å²) in [6.07, 6.45) is 5.49. The Kier molecular flexibility index (Phi) is 4.98. The van der Waals surface area contributed by atoms with E-state index < -0.39 is 12.2 Å². The van der Waals surface area contributed by atoms with E-state index in [1.54, 1.807) is 24.5 Å². The number of rotatable bonds is 4. The van der Waals surface area contributed by atoms with Crippen molar-refractivity contribution in [1.29, 1.82) is 0 Å². The van der Waals surface area contributed by atoms with Crippen molar-refractivity contribution >= 4 is 11.6 Å². The van der Waals surface area contributed by atoms with Crippen LogP contribution in [0.2, 0.25) is 0 Å². The van der Waals surface area contributed by atoms with E-state index in [1.165, 1.54) is 18.2 Å². The standard InChI is InChI=1S/C22H18F3N3O/c1-29-21-8-7-17(19-14-20(22(23,24)25)27-28(19)21)18(16-5-3-2-4-6-16)13-15-9-11-26-12-10-15/h2-14,20,27H,1H3/b18-13+. The van der Waals surface area contributed by atoms with Crippen molar-refractivity contribution in [2.75, 3.05) is 7.11 Å². The maximum Gasteiger partial charge on any atom is 0.409 e. The molecule has 0 saturated heterocycles. The molecule has 29 heavy (non-hydrogen) atoms. The normalized spacial score (nSPS) is 19.3. The van der Waals surface area contributed by atoms with Crippen LogP contribution >= 0.6 is 0 Å². The van der Waals surface area contributed by atoms with Crippen molar-refractivity contribution in [1.82, 2.24) is 15.4 Å². The van der Waals surface area contributed by atoms with Gasteiger partial charge in [-0.2, -0.15) is 13.2 Å². The van der Waals surface area contributed by atoms with Crippen LogP contribution in [0.15, 0.2) is 90.2 Å². The van der Waals surface area contributed by atoms with Crippen LogP contribution in [0.3, 0.4) is 0 Å². The maximum absolute atomic E-state index is 13.4. The first kappa shape index (κ1) is 19.0. The molecule has 1 unspecified atom stereocenters. The van der Waals surface area contributed by atoms with Crippen LogP contribution in [0.1, 0.15) is 11.1 Å². The van der Waals surface area contributed by atoms with E-state index in [2.05, 4.69) is 10.4 Å². The van der Waals surface area contributed by atoms with E-state index >= 15 is 0 Å². The summed E-state index contributed by atoms with van der Waals surface area (Å²) < 4.78 is 45.4. The minimum absolute atomic E-state index is 0.295. The Bertz CT molecular complexity index is 1010. The van der Waals surface area contributed by atoms with E-state index in [9.17, 15) is 13.2 Å². The number of benzene rings is 1. The number of hydrogen-bond acceptors (Lipinski definition) is 4. The molecule has 148 valence electrons. The maximum atomic E-state index is 13.4. The number of pyridine rings is 1.